The minimum absolute atomic E-state index is 0.0270. The predicted molar refractivity (Wildman–Crippen MR) is 118 cm³/mol. The zero-order valence-corrected chi connectivity index (χ0v) is 18.0. The van der Waals surface area contributed by atoms with Crippen molar-refractivity contribution < 1.29 is 9.53 Å². The van der Waals surface area contributed by atoms with Crippen LogP contribution in [0, 0.1) is 0 Å². The quantitative estimate of drug-likeness (QED) is 0.250. The van der Waals surface area contributed by atoms with E-state index in [9.17, 15) is 4.79 Å². The van der Waals surface area contributed by atoms with E-state index >= 15 is 0 Å². The van der Waals surface area contributed by atoms with Gasteiger partial charge in [-0.1, -0.05) is 29.4 Å². The van der Waals surface area contributed by atoms with Gasteiger partial charge < -0.3 is 4.74 Å². The molecule has 0 aliphatic carbocycles. The molecule has 5 nitrogen and oxygen atoms in total. The van der Waals surface area contributed by atoms with Crippen molar-refractivity contribution in [2.24, 2.45) is 0 Å². The molecule has 150 valence electrons. The number of hydrogen-bond acceptors (Lipinski definition) is 5. The Morgan fingerprint density at radius 3 is 2.66 bits per heavy atom. The number of hydrogen-bond donors (Lipinski definition) is 0. The molecule has 0 N–H and O–H groups in total. The predicted octanol–water partition coefficient (Wildman–Crippen LogP) is 5.68. The number of aromatic nitrogens is 3. The molecule has 1 heterocycles. The zero-order chi connectivity index (χ0) is 20.8. The molecule has 0 fully saturated rings. The molecule has 2 aromatic carbocycles. The number of ether oxygens (including phenoxy) is 1. The van der Waals surface area contributed by atoms with Gasteiger partial charge in [0.2, 0.25) is 0 Å². The van der Waals surface area contributed by atoms with Gasteiger partial charge in [-0.15, -0.1) is 16.8 Å². The first kappa shape index (κ1) is 21.1. The normalized spacial score (nSPS) is 10.7. The molecule has 3 aromatic rings. The van der Waals surface area contributed by atoms with Crippen LogP contribution < -0.4 is 4.74 Å². The molecule has 1 aromatic heterocycles. The van der Waals surface area contributed by atoms with Crippen LogP contribution in [0.25, 0.3) is 11.4 Å². The number of rotatable bonds is 9. The molecule has 7 heteroatoms. The Balaban J connectivity index is 1.89. The average Bonchev–Trinajstić information content (AvgIpc) is 3.11. The van der Waals surface area contributed by atoms with Crippen molar-refractivity contribution in [3.05, 3.63) is 71.3 Å². The van der Waals surface area contributed by atoms with Crippen LogP contribution in [0.15, 0.2) is 60.3 Å². The Bertz CT molecular complexity index is 1020. The third-order valence-corrected chi connectivity index (χ3v) is 5.52. The average molecular weight is 428 g/mol. The highest BCUT2D eigenvalue weighted by atomic mass is 35.5. The molecule has 0 aliphatic rings. The summed E-state index contributed by atoms with van der Waals surface area (Å²) in [5.74, 6) is 2.16. The summed E-state index contributed by atoms with van der Waals surface area (Å²) in [7, 11) is 0. The van der Waals surface area contributed by atoms with E-state index in [1.54, 1.807) is 24.8 Å². The van der Waals surface area contributed by atoms with Crippen molar-refractivity contribution >= 4 is 29.1 Å². The summed E-state index contributed by atoms with van der Waals surface area (Å²) in [5.41, 5.74) is 2.55. The molecule has 0 bridgehead atoms. The van der Waals surface area contributed by atoms with Crippen LogP contribution in [0.5, 0.6) is 5.75 Å². The maximum absolute atomic E-state index is 11.8. The molecule has 3 rings (SSSR count). The van der Waals surface area contributed by atoms with Crippen LogP contribution in [-0.2, 0) is 12.3 Å². The van der Waals surface area contributed by atoms with E-state index < -0.39 is 0 Å². The maximum atomic E-state index is 11.8. The van der Waals surface area contributed by atoms with Gasteiger partial charge in [0.05, 0.1) is 6.61 Å². The number of halogens is 1. The van der Waals surface area contributed by atoms with Crippen molar-refractivity contribution in [3.63, 3.8) is 0 Å². The lowest BCUT2D eigenvalue weighted by Crippen LogP contribution is -2.02. The monoisotopic (exact) mass is 427 g/mol. The lowest BCUT2D eigenvalue weighted by Gasteiger charge is -2.12. The second kappa shape index (κ2) is 9.76. The Morgan fingerprint density at radius 1 is 1.24 bits per heavy atom. The van der Waals surface area contributed by atoms with Crippen LogP contribution >= 0.6 is 23.4 Å². The standard InChI is InChI=1S/C22H22ClN3O2S/c1-4-12-26-21(16-6-9-19(23)10-7-16)24-25-22(26)29-14-18-13-17(15(3)27)8-11-20(18)28-5-2/h4,6-11,13H,1,5,12,14H2,2-3H3. The highest BCUT2D eigenvalue weighted by molar-refractivity contribution is 7.98. The number of carbonyl (C=O) groups excluding carboxylic acids is 1. The van der Waals surface area contributed by atoms with Crippen LogP contribution in [0.2, 0.25) is 5.02 Å². The minimum atomic E-state index is 0.0270. The smallest absolute Gasteiger partial charge is 0.192 e. The van der Waals surface area contributed by atoms with Gasteiger partial charge in [0.15, 0.2) is 16.8 Å². The number of thioether (sulfide) groups is 1. The summed E-state index contributed by atoms with van der Waals surface area (Å²) in [6.45, 7) is 8.49. The van der Waals surface area contributed by atoms with Crippen LogP contribution in [0.3, 0.4) is 0 Å². The van der Waals surface area contributed by atoms with E-state index in [1.807, 2.05) is 54.0 Å². The lowest BCUT2D eigenvalue weighted by atomic mass is 10.1. The molecule has 0 spiro atoms. The second-order valence-corrected chi connectivity index (χ2v) is 7.69. The summed E-state index contributed by atoms with van der Waals surface area (Å²) in [5, 5.41) is 10.2. The number of benzene rings is 2. The molecule has 29 heavy (non-hydrogen) atoms. The lowest BCUT2D eigenvalue weighted by molar-refractivity contribution is 0.101. The minimum Gasteiger partial charge on any atom is -0.494 e. The van der Waals surface area contributed by atoms with Crippen LogP contribution in [0.1, 0.15) is 29.8 Å². The first-order valence-electron chi connectivity index (χ1n) is 9.23. The third kappa shape index (κ3) is 5.08. The maximum Gasteiger partial charge on any atom is 0.192 e. The SMILES string of the molecule is C=CCn1c(SCc2cc(C(C)=O)ccc2OCC)nnc1-c1ccc(Cl)cc1. The highest BCUT2D eigenvalue weighted by Gasteiger charge is 2.15. The molecule has 0 atom stereocenters. The van der Waals surface area contributed by atoms with E-state index in [1.165, 1.54) is 0 Å². The molecule has 0 saturated heterocycles. The van der Waals surface area contributed by atoms with E-state index in [0.29, 0.717) is 29.5 Å². The Labute approximate surface area is 179 Å². The van der Waals surface area contributed by atoms with Gasteiger partial charge in [-0.25, -0.2) is 0 Å². The molecule has 0 radical (unpaired) electrons. The van der Waals surface area contributed by atoms with E-state index in [2.05, 4.69) is 16.8 Å². The van der Waals surface area contributed by atoms with Gasteiger partial charge in [-0.05, 0) is 56.3 Å². The van der Waals surface area contributed by atoms with Crippen molar-refractivity contribution in [2.75, 3.05) is 6.61 Å². The van der Waals surface area contributed by atoms with E-state index in [4.69, 9.17) is 16.3 Å². The molecule has 0 unspecified atom stereocenters. The zero-order valence-electron chi connectivity index (χ0n) is 16.4. The fourth-order valence-electron chi connectivity index (χ4n) is 2.85. The van der Waals surface area contributed by atoms with Crippen molar-refractivity contribution in [1.82, 2.24) is 14.8 Å². The van der Waals surface area contributed by atoms with Gasteiger partial charge in [-0.2, -0.15) is 0 Å². The van der Waals surface area contributed by atoms with E-state index in [-0.39, 0.29) is 5.78 Å². The fourth-order valence-corrected chi connectivity index (χ4v) is 3.90. The Hall–Kier alpha value is -2.57. The van der Waals surface area contributed by atoms with Crippen LogP contribution in [-0.4, -0.2) is 27.2 Å². The van der Waals surface area contributed by atoms with Crippen molar-refractivity contribution in [1.29, 1.82) is 0 Å². The fraction of sp³-hybridized carbons (Fsp3) is 0.227. The Morgan fingerprint density at radius 2 is 2.00 bits per heavy atom. The third-order valence-electron chi connectivity index (χ3n) is 4.25. The van der Waals surface area contributed by atoms with Gasteiger partial charge in [0.1, 0.15) is 5.75 Å². The number of carbonyl (C=O) groups is 1. The number of allylic oxidation sites excluding steroid dienone is 1. The summed E-state index contributed by atoms with van der Waals surface area (Å²) >= 11 is 7.54. The topological polar surface area (TPSA) is 57.0 Å². The molecule has 0 saturated carbocycles. The van der Waals surface area contributed by atoms with Gasteiger partial charge >= 0.3 is 0 Å². The molecule has 0 amide bonds. The summed E-state index contributed by atoms with van der Waals surface area (Å²) in [6.07, 6.45) is 1.81. The molecular weight excluding hydrogens is 406 g/mol. The molecule has 0 aliphatic heterocycles. The first-order valence-corrected chi connectivity index (χ1v) is 10.6. The number of Topliss-reactive ketones (excluding diaryl/α,β-unsaturated/α-hetero) is 1. The first-order chi connectivity index (χ1) is 14.0. The van der Waals surface area contributed by atoms with Crippen LogP contribution in [0.4, 0.5) is 0 Å². The van der Waals surface area contributed by atoms with Gasteiger partial charge in [0, 0.05) is 34.0 Å². The summed E-state index contributed by atoms with van der Waals surface area (Å²) in [4.78, 5) is 11.8. The van der Waals surface area contributed by atoms with Gasteiger partial charge in [-0.3, -0.25) is 9.36 Å². The van der Waals surface area contributed by atoms with E-state index in [0.717, 1.165) is 27.9 Å². The van der Waals surface area contributed by atoms with Crippen molar-refractivity contribution in [3.8, 4) is 17.1 Å². The molecular formula is C22H22ClN3O2S. The van der Waals surface area contributed by atoms with Crippen molar-refractivity contribution in [2.45, 2.75) is 31.3 Å². The number of nitrogens with zero attached hydrogens (tertiary/aromatic N) is 3. The largest absolute Gasteiger partial charge is 0.494 e. The summed E-state index contributed by atoms with van der Waals surface area (Å²) < 4.78 is 7.74. The number of ketones is 1. The highest BCUT2D eigenvalue weighted by Crippen LogP contribution is 2.31. The summed E-state index contributed by atoms with van der Waals surface area (Å²) in [6, 6.07) is 13.0. The Kier molecular flexibility index (Phi) is 7.12. The van der Waals surface area contributed by atoms with Gasteiger partial charge in [0.25, 0.3) is 0 Å². The second-order valence-electron chi connectivity index (χ2n) is 6.31.